The van der Waals surface area contributed by atoms with Gasteiger partial charge in [0.2, 0.25) is 5.69 Å². The average Bonchev–Trinajstić information content (AvgIpc) is 3.33. The Morgan fingerprint density at radius 3 is 2.38 bits per heavy atom. The summed E-state index contributed by atoms with van der Waals surface area (Å²) >= 11 is 0. The highest BCUT2D eigenvalue weighted by atomic mass is 19.1. The van der Waals surface area contributed by atoms with Crippen LogP contribution in [-0.2, 0) is 7.05 Å². The number of aryl methyl sites for hydroxylation is 3. The van der Waals surface area contributed by atoms with E-state index in [2.05, 4.69) is 29.7 Å². The summed E-state index contributed by atoms with van der Waals surface area (Å²) in [5.41, 5.74) is 6.54. The number of benzene rings is 3. The summed E-state index contributed by atoms with van der Waals surface area (Å²) < 4.78 is 29.5. The largest absolute Gasteiger partial charge is 0.461 e. The summed E-state index contributed by atoms with van der Waals surface area (Å²) in [4.78, 5) is 0. The van der Waals surface area contributed by atoms with Gasteiger partial charge in [-0.25, -0.2) is 8.96 Å². The summed E-state index contributed by atoms with van der Waals surface area (Å²) in [7, 11) is 2.02. The van der Waals surface area contributed by atoms with Crippen LogP contribution in [0.15, 0.2) is 81.8 Å². The molecule has 6 aromatic rings. The van der Waals surface area contributed by atoms with Gasteiger partial charge in [0, 0.05) is 28.3 Å². The second-order valence-electron chi connectivity index (χ2n) is 8.34. The van der Waals surface area contributed by atoms with E-state index in [1.54, 1.807) is 0 Å². The molecule has 0 amide bonds. The van der Waals surface area contributed by atoms with Crippen molar-refractivity contribution < 1.29 is 17.8 Å². The number of pyridine rings is 1. The molecule has 3 aromatic heterocycles. The number of rotatable bonds is 2. The van der Waals surface area contributed by atoms with Crippen molar-refractivity contribution in [3.63, 3.8) is 0 Å². The van der Waals surface area contributed by atoms with E-state index in [-0.39, 0.29) is 5.82 Å². The van der Waals surface area contributed by atoms with Gasteiger partial charge in [-0.1, -0.05) is 18.2 Å². The molecule has 0 spiro atoms. The van der Waals surface area contributed by atoms with Crippen LogP contribution in [0.25, 0.3) is 55.3 Å². The second kappa shape index (κ2) is 6.79. The SMILES string of the molecule is Cc1cc2cc(-c3c(F)ccc4c3oc3c(-c5cccc[n+]5C)c(C)ccc34)ccc2o1. The Balaban J connectivity index is 1.70. The zero-order valence-electron chi connectivity index (χ0n) is 18.1. The lowest BCUT2D eigenvalue weighted by Gasteiger charge is -2.05. The maximum Gasteiger partial charge on any atom is 0.216 e. The van der Waals surface area contributed by atoms with Crippen LogP contribution in [-0.4, -0.2) is 0 Å². The molecule has 0 atom stereocenters. The molecule has 0 N–H and O–H groups in total. The van der Waals surface area contributed by atoms with Crippen molar-refractivity contribution >= 4 is 32.9 Å². The normalized spacial score (nSPS) is 11.8. The molecule has 4 heteroatoms. The zero-order chi connectivity index (χ0) is 22.0. The first-order valence-electron chi connectivity index (χ1n) is 10.6. The van der Waals surface area contributed by atoms with Crippen molar-refractivity contribution in [3.8, 4) is 22.4 Å². The minimum Gasteiger partial charge on any atom is -0.461 e. The van der Waals surface area contributed by atoms with Gasteiger partial charge in [0.1, 0.15) is 35.4 Å². The molecule has 0 unspecified atom stereocenters. The lowest BCUT2D eigenvalue weighted by atomic mass is 9.98. The Hall–Kier alpha value is -3.92. The van der Waals surface area contributed by atoms with Crippen molar-refractivity contribution in [2.75, 3.05) is 0 Å². The molecule has 0 aliphatic heterocycles. The molecule has 156 valence electrons. The fourth-order valence-electron chi connectivity index (χ4n) is 4.68. The standard InChI is InChI=1S/C28H21FNO2/c1-16-7-9-20-21-10-11-22(29)26(18-8-12-24-19(15-18)14-17(2)31-24)28(21)32-27(20)25(16)23-6-4-5-13-30(23)3/h4-15H,1-3H3/q+1. The first-order valence-corrected chi connectivity index (χ1v) is 10.6. The molecule has 32 heavy (non-hydrogen) atoms. The summed E-state index contributed by atoms with van der Waals surface area (Å²) in [5, 5.41) is 2.82. The van der Waals surface area contributed by atoms with Crippen molar-refractivity contribution in [2.24, 2.45) is 7.05 Å². The predicted molar refractivity (Wildman–Crippen MR) is 125 cm³/mol. The summed E-state index contributed by atoms with van der Waals surface area (Å²) in [6.07, 6.45) is 2.02. The van der Waals surface area contributed by atoms with E-state index < -0.39 is 0 Å². The number of halogens is 1. The third-order valence-corrected chi connectivity index (χ3v) is 6.21. The van der Waals surface area contributed by atoms with Crippen molar-refractivity contribution in [3.05, 3.63) is 90.1 Å². The van der Waals surface area contributed by atoms with E-state index in [9.17, 15) is 0 Å². The van der Waals surface area contributed by atoms with E-state index in [0.29, 0.717) is 11.1 Å². The van der Waals surface area contributed by atoms with E-state index in [4.69, 9.17) is 8.83 Å². The van der Waals surface area contributed by atoms with Gasteiger partial charge in [0.25, 0.3) is 0 Å². The minimum atomic E-state index is -0.306. The molecule has 0 aliphatic rings. The van der Waals surface area contributed by atoms with Crippen molar-refractivity contribution in [2.45, 2.75) is 13.8 Å². The molecular weight excluding hydrogens is 401 g/mol. The zero-order valence-corrected chi connectivity index (χ0v) is 18.1. The lowest BCUT2D eigenvalue weighted by molar-refractivity contribution is -0.660. The summed E-state index contributed by atoms with van der Waals surface area (Å²) in [6, 6.07) is 21.3. The van der Waals surface area contributed by atoms with Gasteiger partial charge in [-0.15, -0.1) is 0 Å². The highest BCUT2D eigenvalue weighted by molar-refractivity contribution is 6.13. The van der Waals surface area contributed by atoms with Crippen LogP contribution in [0.5, 0.6) is 0 Å². The third-order valence-electron chi connectivity index (χ3n) is 6.21. The van der Waals surface area contributed by atoms with Crippen LogP contribution in [0.1, 0.15) is 11.3 Å². The Morgan fingerprint density at radius 2 is 1.56 bits per heavy atom. The molecule has 0 aliphatic carbocycles. The fourth-order valence-corrected chi connectivity index (χ4v) is 4.68. The van der Waals surface area contributed by atoms with E-state index in [0.717, 1.165) is 55.5 Å². The van der Waals surface area contributed by atoms with Crippen LogP contribution >= 0.6 is 0 Å². The van der Waals surface area contributed by atoms with E-state index in [1.807, 2.05) is 62.6 Å². The van der Waals surface area contributed by atoms with Gasteiger partial charge in [0.15, 0.2) is 6.20 Å². The van der Waals surface area contributed by atoms with Crippen LogP contribution in [0.4, 0.5) is 4.39 Å². The van der Waals surface area contributed by atoms with Gasteiger partial charge in [-0.2, -0.15) is 0 Å². The summed E-state index contributed by atoms with van der Waals surface area (Å²) in [5.74, 6) is 0.523. The predicted octanol–water partition coefficient (Wildman–Crippen LogP) is 7.25. The molecule has 0 saturated heterocycles. The number of aromatic nitrogens is 1. The fraction of sp³-hybridized carbons (Fsp3) is 0.107. The highest BCUT2D eigenvalue weighted by Gasteiger charge is 2.23. The number of fused-ring (bicyclic) bond motifs is 4. The van der Waals surface area contributed by atoms with Crippen molar-refractivity contribution in [1.29, 1.82) is 0 Å². The lowest BCUT2D eigenvalue weighted by Crippen LogP contribution is -2.30. The van der Waals surface area contributed by atoms with Crippen LogP contribution < -0.4 is 4.57 Å². The molecule has 0 bridgehead atoms. The Bertz CT molecular complexity index is 1670. The number of furan rings is 2. The first-order chi connectivity index (χ1) is 15.5. The molecule has 0 saturated carbocycles. The Labute approximate surface area is 184 Å². The topological polar surface area (TPSA) is 30.2 Å². The van der Waals surface area contributed by atoms with Gasteiger partial charge in [-0.05, 0) is 61.4 Å². The summed E-state index contributed by atoms with van der Waals surface area (Å²) in [6.45, 7) is 3.99. The molecule has 0 radical (unpaired) electrons. The van der Waals surface area contributed by atoms with Crippen LogP contribution in [0.3, 0.4) is 0 Å². The van der Waals surface area contributed by atoms with E-state index >= 15 is 4.39 Å². The third kappa shape index (κ3) is 2.69. The molecule has 3 nitrogen and oxygen atoms in total. The van der Waals surface area contributed by atoms with Gasteiger partial charge in [0.05, 0.1) is 11.1 Å². The quantitative estimate of drug-likeness (QED) is 0.275. The number of nitrogens with zero attached hydrogens (tertiary/aromatic N) is 1. The highest BCUT2D eigenvalue weighted by Crippen LogP contribution is 2.42. The maximum absolute atomic E-state index is 15.2. The van der Waals surface area contributed by atoms with Crippen LogP contribution in [0.2, 0.25) is 0 Å². The average molecular weight is 422 g/mol. The molecule has 0 fully saturated rings. The van der Waals surface area contributed by atoms with Crippen molar-refractivity contribution in [1.82, 2.24) is 0 Å². The number of hydrogen-bond donors (Lipinski definition) is 0. The number of hydrogen-bond acceptors (Lipinski definition) is 2. The van der Waals surface area contributed by atoms with Gasteiger partial charge >= 0.3 is 0 Å². The first kappa shape index (κ1) is 18.8. The molecular formula is C28H21FNO2+. The Morgan fingerprint density at radius 1 is 0.781 bits per heavy atom. The molecule has 6 rings (SSSR count). The van der Waals surface area contributed by atoms with E-state index in [1.165, 1.54) is 6.07 Å². The monoisotopic (exact) mass is 422 g/mol. The maximum atomic E-state index is 15.2. The molecule has 3 heterocycles. The smallest absolute Gasteiger partial charge is 0.216 e. The minimum absolute atomic E-state index is 0.306. The van der Waals surface area contributed by atoms with Gasteiger partial charge < -0.3 is 8.83 Å². The van der Waals surface area contributed by atoms with Gasteiger partial charge in [-0.3, -0.25) is 0 Å². The second-order valence-corrected chi connectivity index (χ2v) is 8.34. The molecule has 3 aromatic carbocycles. The van der Waals surface area contributed by atoms with Crippen LogP contribution in [0, 0.1) is 19.7 Å². The Kier molecular flexibility index (Phi) is 3.99.